The average molecular weight is 291 g/mol. The smallest absolute Gasteiger partial charge is 0.263 e. The van der Waals surface area contributed by atoms with E-state index in [-0.39, 0.29) is 11.6 Å². The van der Waals surface area contributed by atoms with Crippen LogP contribution in [0.1, 0.15) is 15.2 Å². The molecule has 0 aromatic carbocycles. The van der Waals surface area contributed by atoms with Crippen molar-refractivity contribution in [3.8, 4) is 6.07 Å². The van der Waals surface area contributed by atoms with Gasteiger partial charge in [0.15, 0.2) is 0 Å². The number of carbonyl (C=O) groups excluding carboxylic acids is 1. The van der Waals surface area contributed by atoms with Gasteiger partial charge >= 0.3 is 0 Å². The molecule has 2 heterocycles. The number of thiophene rings is 1. The Kier molecular flexibility index (Phi) is 4.61. The third-order valence-electron chi connectivity index (χ3n) is 3.06. The highest BCUT2D eigenvalue weighted by Gasteiger charge is 2.24. The van der Waals surface area contributed by atoms with Gasteiger partial charge in [-0.25, -0.2) is 0 Å². The number of nitriles is 1. The third kappa shape index (κ3) is 2.76. The Hall–Kier alpha value is -2.04. The minimum atomic E-state index is -0.259. The maximum atomic E-state index is 12.0. The van der Waals surface area contributed by atoms with Crippen LogP contribution in [0.25, 0.3) is 0 Å². The van der Waals surface area contributed by atoms with Gasteiger partial charge in [0, 0.05) is 32.7 Å². The molecule has 0 atom stereocenters. The van der Waals surface area contributed by atoms with Gasteiger partial charge in [0.25, 0.3) is 5.91 Å². The highest BCUT2D eigenvalue weighted by Crippen LogP contribution is 2.37. The van der Waals surface area contributed by atoms with Crippen molar-refractivity contribution in [3.63, 3.8) is 0 Å². The van der Waals surface area contributed by atoms with Gasteiger partial charge in [-0.1, -0.05) is 6.08 Å². The fourth-order valence-corrected chi connectivity index (χ4v) is 3.18. The van der Waals surface area contributed by atoms with E-state index in [1.165, 1.54) is 11.3 Å². The molecule has 0 radical (unpaired) electrons. The number of hydrogen-bond donors (Lipinski definition) is 3. The van der Waals surface area contributed by atoms with Crippen LogP contribution >= 0.6 is 11.3 Å². The lowest BCUT2D eigenvalue weighted by Crippen LogP contribution is -2.43. The van der Waals surface area contributed by atoms with Crippen molar-refractivity contribution in [3.05, 3.63) is 23.1 Å². The Balaban J connectivity index is 2.31. The van der Waals surface area contributed by atoms with Crippen molar-refractivity contribution in [1.29, 1.82) is 5.26 Å². The predicted octanol–water partition coefficient (Wildman–Crippen LogP) is 0.527. The highest BCUT2D eigenvalue weighted by atomic mass is 32.1. The molecule has 0 bridgehead atoms. The minimum absolute atomic E-state index is 0.259. The van der Waals surface area contributed by atoms with Crippen LogP contribution in [0.5, 0.6) is 0 Å². The average Bonchev–Trinajstić information content (AvgIpc) is 2.82. The van der Waals surface area contributed by atoms with Crippen molar-refractivity contribution in [1.82, 2.24) is 10.6 Å². The lowest BCUT2D eigenvalue weighted by Gasteiger charge is -2.28. The molecular formula is C13H17N5OS. The lowest BCUT2D eigenvalue weighted by molar-refractivity contribution is 0.0963. The van der Waals surface area contributed by atoms with Gasteiger partial charge < -0.3 is 21.3 Å². The Morgan fingerprint density at radius 3 is 2.90 bits per heavy atom. The van der Waals surface area contributed by atoms with Gasteiger partial charge in [-0.3, -0.25) is 4.79 Å². The quantitative estimate of drug-likeness (QED) is 0.703. The molecule has 1 aliphatic heterocycles. The molecule has 106 valence electrons. The topological polar surface area (TPSA) is 94.2 Å². The second-order valence-electron chi connectivity index (χ2n) is 4.37. The van der Waals surface area contributed by atoms with Crippen LogP contribution in [0.2, 0.25) is 0 Å². The van der Waals surface area contributed by atoms with Crippen LogP contribution in [0.15, 0.2) is 12.7 Å². The Bertz CT molecular complexity index is 554. The largest absolute Gasteiger partial charge is 0.396 e. The molecule has 7 heteroatoms. The van der Waals surface area contributed by atoms with Crippen molar-refractivity contribution in [2.24, 2.45) is 0 Å². The standard InChI is InChI=1S/C13H17N5OS/c1-2-3-17-12(19)11-10(15)9(8-14)13(20-11)18-6-4-16-5-7-18/h2,16H,1,3-7,15H2,(H,17,19). The summed E-state index contributed by atoms with van der Waals surface area (Å²) < 4.78 is 0. The summed E-state index contributed by atoms with van der Waals surface area (Å²) in [6.45, 7) is 7.27. The summed E-state index contributed by atoms with van der Waals surface area (Å²) in [6.07, 6.45) is 1.60. The van der Waals surface area contributed by atoms with E-state index in [1.54, 1.807) is 6.08 Å². The lowest BCUT2D eigenvalue weighted by atomic mass is 10.2. The summed E-state index contributed by atoms with van der Waals surface area (Å²) in [5, 5.41) is 16.0. The second-order valence-corrected chi connectivity index (χ2v) is 5.37. The maximum absolute atomic E-state index is 12.0. The van der Waals surface area contributed by atoms with Crippen molar-refractivity contribution < 1.29 is 4.79 Å². The van der Waals surface area contributed by atoms with Crippen molar-refractivity contribution in [2.45, 2.75) is 0 Å². The predicted molar refractivity (Wildman–Crippen MR) is 81.1 cm³/mol. The van der Waals surface area contributed by atoms with Crippen molar-refractivity contribution >= 4 is 27.9 Å². The molecule has 2 rings (SSSR count). The first kappa shape index (κ1) is 14.4. The monoisotopic (exact) mass is 291 g/mol. The van der Waals surface area contributed by atoms with Crippen LogP contribution in [0, 0.1) is 11.3 Å². The number of anilines is 2. The van der Waals surface area contributed by atoms with Crippen LogP contribution in [0.4, 0.5) is 10.7 Å². The summed E-state index contributed by atoms with van der Waals surface area (Å²) >= 11 is 1.28. The molecule has 4 N–H and O–H groups in total. The molecule has 0 spiro atoms. The van der Waals surface area contributed by atoms with E-state index < -0.39 is 0 Å². The van der Waals surface area contributed by atoms with Crippen LogP contribution in [0.3, 0.4) is 0 Å². The third-order valence-corrected chi connectivity index (χ3v) is 4.32. The Morgan fingerprint density at radius 2 is 2.30 bits per heavy atom. The van der Waals surface area contributed by atoms with E-state index in [4.69, 9.17) is 5.73 Å². The molecule has 0 aliphatic carbocycles. The summed E-state index contributed by atoms with van der Waals surface area (Å²) in [7, 11) is 0. The Labute approximate surface area is 121 Å². The number of nitrogens with zero attached hydrogens (tertiary/aromatic N) is 2. The van der Waals surface area contributed by atoms with Crippen LogP contribution in [-0.4, -0.2) is 38.6 Å². The molecular weight excluding hydrogens is 274 g/mol. The number of hydrogen-bond acceptors (Lipinski definition) is 6. The molecule has 1 saturated heterocycles. The number of nitrogens with one attached hydrogen (secondary N) is 2. The van der Waals surface area contributed by atoms with E-state index in [0.29, 0.717) is 17.0 Å². The molecule has 20 heavy (non-hydrogen) atoms. The number of carbonyl (C=O) groups is 1. The zero-order valence-corrected chi connectivity index (χ0v) is 11.9. The molecule has 1 aromatic heterocycles. The summed E-state index contributed by atoms with van der Waals surface area (Å²) in [6, 6.07) is 2.12. The normalized spacial score (nSPS) is 14.7. The molecule has 6 nitrogen and oxygen atoms in total. The zero-order chi connectivity index (χ0) is 14.5. The number of nitrogen functional groups attached to an aromatic ring is 1. The van der Waals surface area contributed by atoms with E-state index in [2.05, 4.69) is 28.2 Å². The maximum Gasteiger partial charge on any atom is 0.263 e. The van der Waals surface area contributed by atoms with Crippen LogP contribution < -0.4 is 21.3 Å². The molecule has 0 unspecified atom stereocenters. The van der Waals surface area contributed by atoms with Gasteiger partial charge in [-0.15, -0.1) is 17.9 Å². The van der Waals surface area contributed by atoms with E-state index in [0.717, 1.165) is 31.2 Å². The number of amides is 1. The van der Waals surface area contributed by atoms with E-state index in [1.807, 2.05) is 0 Å². The van der Waals surface area contributed by atoms with E-state index in [9.17, 15) is 10.1 Å². The first-order chi connectivity index (χ1) is 9.69. The minimum Gasteiger partial charge on any atom is -0.396 e. The molecule has 1 aromatic rings. The summed E-state index contributed by atoms with van der Waals surface area (Å²) in [4.78, 5) is 14.5. The first-order valence-corrected chi connectivity index (χ1v) is 7.17. The molecule has 0 saturated carbocycles. The zero-order valence-electron chi connectivity index (χ0n) is 11.1. The van der Waals surface area contributed by atoms with Gasteiger partial charge in [-0.2, -0.15) is 5.26 Å². The van der Waals surface area contributed by atoms with Gasteiger partial charge in [0.2, 0.25) is 0 Å². The summed E-state index contributed by atoms with van der Waals surface area (Å²) in [5.74, 6) is -0.259. The second kappa shape index (κ2) is 6.41. The van der Waals surface area contributed by atoms with Crippen LogP contribution in [-0.2, 0) is 0 Å². The van der Waals surface area contributed by atoms with E-state index >= 15 is 0 Å². The van der Waals surface area contributed by atoms with Gasteiger partial charge in [-0.05, 0) is 0 Å². The fourth-order valence-electron chi connectivity index (χ4n) is 2.04. The number of piperazine rings is 1. The molecule has 1 fully saturated rings. The number of nitrogens with two attached hydrogens (primary N) is 1. The van der Waals surface area contributed by atoms with Gasteiger partial charge in [0.1, 0.15) is 21.5 Å². The molecule has 1 aliphatic rings. The SMILES string of the molecule is C=CCNC(=O)c1sc(N2CCNCC2)c(C#N)c1N. The molecule has 1 amide bonds. The van der Waals surface area contributed by atoms with Crippen molar-refractivity contribution in [2.75, 3.05) is 43.4 Å². The number of rotatable bonds is 4. The fraction of sp³-hybridized carbons (Fsp3) is 0.385. The first-order valence-electron chi connectivity index (χ1n) is 6.36. The Morgan fingerprint density at radius 1 is 1.60 bits per heavy atom. The summed E-state index contributed by atoms with van der Waals surface area (Å²) in [5.41, 5.74) is 6.63. The van der Waals surface area contributed by atoms with Gasteiger partial charge in [0.05, 0.1) is 5.69 Å². The highest BCUT2D eigenvalue weighted by molar-refractivity contribution is 7.19.